The average molecular weight is 284 g/mol. The van der Waals surface area contributed by atoms with Gasteiger partial charge in [-0.2, -0.15) is 4.98 Å². The molecule has 0 saturated carbocycles. The van der Waals surface area contributed by atoms with E-state index in [0.717, 1.165) is 19.5 Å². The van der Waals surface area contributed by atoms with Crippen LogP contribution in [-0.4, -0.2) is 40.3 Å². The minimum Gasteiger partial charge on any atom is -0.481 e. The van der Waals surface area contributed by atoms with Crippen LogP contribution >= 0.6 is 12.4 Å². The molecular weight excluding hydrogens is 270 g/mol. The Hall–Kier alpha value is -1.73. The summed E-state index contributed by atoms with van der Waals surface area (Å²) < 4.78 is 10.2. The van der Waals surface area contributed by atoms with Gasteiger partial charge >= 0.3 is 0 Å². The number of hydrogen-bond donors (Lipinski definition) is 1. The van der Waals surface area contributed by atoms with Gasteiger partial charge in [0.15, 0.2) is 0 Å². The van der Waals surface area contributed by atoms with E-state index in [0.29, 0.717) is 29.2 Å². The third kappa shape index (κ3) is 2.99. The van der Waals surface area contributed by atoms with E-state index in [9.17, 15) is 0 Å². The minimum atomic E-state index is 0. The van der Waals surface area contributed by atoms with Gasteiger partial charge in [0.05, 0.1) is 7.11 Å². The molecule has 8 heteroatoms. The largest absolute Gasteiger partial charge is 0.481 e. The normalized spacial score (nSPS) is 14.6. The molecule has 2 aromatic rings. The fourth-order valence-corrected chi connectivity index (χ4v) is 1.75. The molecule has 1 aliphatic rings. The van der Waals surface area contributed by atoms with Crippen LogP contribution in [-0.2, 0) is 6.42 Å². The number of methoxy groups -OCH3 is 1. The Labute approximate surface area is 116 Å². The van der Waals surface area contributed by atoms with Crippen molar-refractivity contribution < 1.29 is 9.26 Å². The van der Waals surface area contributed by atoms with Crippen molar-refractivity contribution in [3.63, 3.8) is 0 Å². The summed E-state index contributed by atoms with van der Waals surface area (Å²) in [6.07, 6.45) is 2.22. The Kier molecular flexibility index (Phi) is 4.28. The second-order valence-corrected chi connectivity index (χ2v) is 4.19. The van der Waals surface area contributed by atoms with Crippen LogP contribution in [0.15, 0.2) is 16.9 Å². The first-order valence-corrected chi connectivity index (χ1v) is 5.75. The topological polar surface area (TPSA) is 86.0 Å². The van der Waals surface area contributed by atoms with Gasteiger partial charge < -0.3 is 14.6 Å². The Morgan fingerprint density at radius 2 is 2.26 bits per heavy atom. The molecule has 19 heavy (non-hydrogen) atoms. The van der Waals surface area contributed by atoms with Gasteiger partial charge in [0.2, 0.25) is 17.6 Å². The van der Waals surface area contributed by atoms with Gasteiger partial charge in [-0.25, -0.2) is 9.97 Å². The maximum atomic E-state index is 5.21. The van der Waals surface area contributed by atoms with Gasteiger partial charge in [0, 0.05) is 12.5 Å². The van der Waals surface area contributed by atoms with Gasteiger partial charge in [-0.15, -0.1) is 12.4 Å². The molecule has 0 atom stereocenters. The molecule has 1 aliphatic heterocycles. The molecule has 0 unspecified atom stereocenters. The third-order valence-electron chi connectivity index (χ3n) is 2.88. The molecule has 0 aliphatic carbocycles. The maximum absolute atomic E-state index is 5.21. The number of aromatic nitrogens is 4. The molecule has 0 aromatic carbocycles. The Bertz CT molecular complexity index is 543. The van der Waals surface area contributed by atoms with E-state index in [-0.39, 0.29) is 12.4 Å². The number of nitrogens with zero attached hydrogens (tertiary/aromatic N) is 4. The number of ether oxygens (including phenoxy) is 1. The van der Waals surface area contributed by atoms with Crippen molar-refractivity contribution in [1.29, 1.82) is 0 Å². The third-order valence-corrected chi connectivity index (χ3v) is 2.88. The van der Waals surface area contributed by atoms with Crippen molar-refractivity contribution in [3.8, 4) is 17.4 Å². The molecule has 3 rings (SSSR count). The lowest BCUT2D eigenvalue weighted by Crippen LogP contribution is -2.43. The van der Waals surface area contributed by atoms with Gasteiger partial charge in [-0.1, -0.05) is 5.16 Å². The molecular formula is C11H14ClN5O2. The highest BCUT2D eigenvalue weighted by Crippen LogP contribution is 2.18. The SMILES string of the molecule is COc1cc(-c2noc(CC3CNC3)n2)ncn1.Cl. The lowest BCUT2D eigenvalue weighted by Gasteiger charge is -2.25. The lowest BCUT2D eigenvalue weighted by atomic mass is 10.00. The molecule has 1 fully saturated rings. The van der Waals surface area contributed by atoms with Gasteiger partial charge in [-0.3, -0.25) is 0 Å². The zero-order valence-electron chi connectivity index (χ0n) is 10.4. The minimum absolute atomic E-state index is 0. The van der Waals surface area contributed by atoms with E-state index in [1.54, 1.807) is 13.2 Å². The molecule has 1 saturated heterocycles. The van der Waals surface area contributed by atoms with E-state index in [2.05, 4.69) is 25.4 Å². The zero-order valence-corrected chi connectivity index (χ0v) is 11.2. The molecule has 3 heterocycles. The predicted octanol–water partition coefficient (Wildman–Crippen LogP) is 0.719. The fourth-order valence-electron chi connectivity index (χ4n) is 1.75. The van der Waals surface area contributed by atoms with Crippen LogP contribution in [0, 0.1) is 5.92 Å². The van der Waals surface area contributed by atoms with E-state index >= 15 is 0 Å². The van der Waals surface area contributed by atoms with Crippen molar-refractivity contribution in [2.24, 2.45) is 5.92 Å². The number of hydrogen-bond acceptors (Lipinski definition) is 7. The molecule has 0 radical (unpaired) electrons. The average Bonchev–Trinajstić information content (AvgIpc) is 2.83. The van der Waals surface area contributed by atoms with E-state index in [4.69, 9.17) is 9.26 Å². The first-order valence-electron chi connectivity index (χ1n) is 5.75. The maximum Gasteiger partial charge on any atom is 0.227 e. The number of halogens is 1. The summed E-state index contributed by atoms with van der Waals surface area (Å²) in [7, 11) is 1.55. The summed E-state index contributed by atoms with van der Waals surface area (Å²) in [6.45, 7) is 2.03. The van der Waals surface area contributed by atoms with E-state index in [1.807, 2.05) is 0 Å². The van der Waals surface area contributed by atoms with Crippen LogP contribution in [0.2, 0.25) is 0 Å². The van der Waals surface area contributed by atoms with Crippen molar-refractivity contribution in [2.75, 3.05) is 20.2 Å². The van der Waals surface area contributed by atoms with Crippen LogP contribution in [0.5, 0.6) is 5.88 Å². The van der Waals surface area contributed by atoms with Crippen LogP contribution < -0.4 is 10.1 Å². The number of rotatable bonds is 4. The van der Waals surface area contributed by atoms with Gasteiger partial charge in [0.1, 0.15) is 12.0 Å². The first kappa shape index (κ1) is 13.7. The summed E-state index contributed by atoms with van der Waals surface area (Å²) in [5.74, 6) is 2.19. The zero-order chi connectivity index (χ0) is 12.4. The van der Waals surface area contributed by atoms with Gasteiger partial charge in [0.25, 0.3) is 0 Å². The standard InChI is InChI=1S/C11H13N5O2.ClH/c1-17-9-3-8(13-6-14-9)11-15-10(18-16-11)2-7-4-12-5-7;/h3,6-7,12H,2,4-5H2,1H3;1H. The Morgan fingerprint density at radius 3 is 2.95 bits per heavy atom. The van der Waals surface area contributed by atoms with Crippen molar-refractivity contribution in [1.82, 2.24) is 25.4 Å². The van der Waals surface area contributed by atoms with Crippen LogP contribution in [0.4, 0.5) is 0 Å². The highest BCUT2D eigenvalue weighted by Gasteiger charge is 2.21. The van der Waals surface area contributed by atoms with Gasteiger partial charge in [-0.05, 0) is 19.0 Å². The quantitative estimate of drug-likeness (QED) is 0.884. The summed E-state index contributed by atoms with van der Waals surface area (Å²) in [5, 5.41) is 7.13. The summed E-state index contributed by atoms with van der Waals surface area (Å²) >= 11 is 0. The molecule has 0 spiro atoms. The summed E-state index contributed by atoms with van der Waals surface area (Å²) in [5.41, 5.74) is 0.601. The highest BCUT2D eigenvalue weighted by molar-refractivity contribution is 5.85. The molecule has 102 valence electrons. The van der Waals surface area contributed by atoms with E-state index < -0.39 is 0 Å². The molecule has 0 bridgehead atoms. The molecule has 2 aromatic heterocycles. The van der Waals surface area contributed by atoms with Crippen molar-refractivity contribution in [2.45, 2.75) is 6.42 Å². The van der Waals surface area contributed by atoms with Crippen molar-refractivity contribution in [3.05, 3.63) is 18.3 Å². The fraction of sp³-hybridized carbons (Fsp3) is 0.455. The van der Waals surface area contributed by atoms with Crippen LogP contribution in [0.3, 0.4) is 0 Å². The van der Waals surface area contributed by atoms with E-state index in [1.165, 1.54) is 6.33 Å². The molecule has 7 nitrogen and oxygen atoms in total. The molecule has 1 N–H and O–H groups in total. The Morgan fingerprint density at radius 1 is 1.42 bits per heavy atom. The summed E-state index contributed by atoms with van der Waals surface area (Å²) in [6, 6.07) is 1.68. The second-order valence-electron chi connectivity index (χ2n) is 4.19. The first-order chi connectivity index (χ1) is 8.85. The number of nitrogens with one attached hydrogen (secondary N) is 1. The summed E-state index contributed by atoms with van der Waals surface area (Å²) in [4.78, 5) is 12.4. The lowest BCUT2D eigenvalue weighted by molar-refractivity contribution is 0.296. The second kappa shape index (κ2) is 5.94. The predicted molar refractivity (Wildman–Crippen MR) is 69.2 cm³/mol. The van der Waals surface area contributed by atoms with Crippen LogP contribution in [0.1, 0.15) is 5.89 Å². The smallest absolute Gasteiger partial charge is 0.227 e. The van der Waals surface area contributed by atoms with Crippen LogP contribution in [0.25, 0.3) is 11.5 Å². The molecule has 0 amide bonds. The van der Waals surface area contributed by atoms with Crippen molar-refractivity contribution >= 4 is 12.4 Å². The monoisotopic (exact) mass is 283 g/mol. The highest BCUT2D eigenvalue weighted by atomic mass is 35.5. The Balaban J connectivity index is 0.00000133.